The summed E-state index contributed by atoms with van der Waals surface area (Å²) < 4.78 is 1.93. The predicted molar refractivity (Wildman–Crippen MR) is 84.7 cm³/mol. The smallest absolute Gasteiger partial charge is 0.168 e. The first-order chi connectivity index (χ1) is 10.1. The van der Waals surface area contributed by atoms with Gasteiger partial charge in [0.05, 0.1) is 5.71 Å². The molecule has 0 aliphatic heterocycles. The summed E-state index contributed by atoms with van der Waals surface area (Å²) in [5.41, 5.74) is 4.99. The van der Waals surface area contributed by atoms with Crippen molar-refractivity contribution in [3.05, 3.63) is 42.0 Å². The van der Waals surface area contributed by atoms with Gasteiger partial charge in [-0.3, -0.25) is 9.99 Å². The van der Waals surface area contributed by atoms with Gasteiger partial charge in [0, 0.05) is 18.8 Å². The van der Waals surface area contributed by atoms with E-state index >= 15 is 0 Å². The second kappa shape index (κ2) is 6.78. The molecule has 0 bridgehead atoms. The van der Waals surface area contributed by atoms with Crippen LogP contribution in [0.4, 0.5) is 5.82 Å². The van der Waals surface area contributed by atoms with Crippen LogP contribution in [0.2, 0.25) is 0 Å². The van der Waals surface area contributed by atoms with Gasteiger partial charge in [0.25, 0.3) is 0 Å². The normalized spacial score (nSPS) is 11.3. The number of nitrogens with zero attached hydrogens (tertiary/aromatic N) is 5. The van der Waals surface area contributed by atoms with Gasteiger partial charge in [-0.1, -0.05) is 12.5 Å². The van der Waals surface area contributed by atoms with Crippen molar-refractivity contribution >= 4 is 11.5 Å². The molecule has 0 saturated heterocycles. The fraction of sp³-hybridized carbons (Fsp3) is 0.333. The minimum absolute atomic E-state index is 0.610. The van der Waals surface area contributed by atoms with E-state index in [9.17, 15) is 0 Å². The first-order valence-corrected chi connectivity index (χ1v) is 6.91. The Kier molecular flexibility index (Phi) is 4.81. The molecule has 0 atom stereocenters. The molecule has 6 nitrogen and oxygen atoms in total. The quantitative estimate of drug-likeness (QED) is 0.677. The molecule has 0 radical (unpaired) electrons. The molecule has 2 aromatic heterocycles. The first-order valence-electron chi connectivity index (χ1n) is 6.91. The molecule has 0 amide bonds. The van der Waals surface area contributed by atoms with Crippen LogP contribution in [0.25, 0.3) is 5.82 Å². The van der Waals surface area contributed by atoms with Crippen LogP contribution in [0.15, 0.2) is 41.3 Å². The molecular weight excluding hydrogens is 264 g/mol. The predicted octanol–water partition coefficient (Wildman–Crippen LogP) is 2.98. The summed E-state index contributed by atoms with van der Waals surface area (Å²) in [5.74, 6) is 2.32. The Bertz CT molecular complexity index is 647. The van der Waals surface area contributed by atoms with E-state index in [4.69, 9.17) is 0 Å². The Hall–Kier alpha value is -2.50. The van der Waals surface area contributed by atoms with Crippen molar-refractivity contribution < 1.29 is 0 Å². The molecule has 0 fully saturated rings. The van der Waals surface area contributed by atoms with Crippen LogP contribution in [0.5, 0.6) is 0 Å². The summed E-state index contributed by atoms with van der Waals surface area (Å²) in [7, 11) is 0. The summed E-state index contributed by atoms with van der Waals surface area (Å²) in [6, 6.07) is 3.74. The van der Waals surface area contributed by atoms with E-state index in [2.05, 4.69) is 32.6 Å². The lowest BCUT2D eigenvalue weighted by Gasteiger charge is -2.05. The van der Waals surface area contributed by atoms with Gasteiger partial charge in [-0.2, -0.15) is 5.10 Å². The maximum atomic E-state index is 4.27. The molecule has 110 valence electrons. The third-order valence-corrected chi connectivity index (χ3v) is 2.78. The topological polar surface area (TPSA) is 68.0 Å². The molecular formula is C15H20N6. The monoisotopic (exact) mass is 284 g/mol. The van der Waals surface area contributed by atoms with Crippen molar-refractivity contribution in [3.8, 4) is 5.82 Å². The van der Waals surface area contributed by atoms with E-state index in [-0.39, 0.29) is 0 Å². The second-order valence-corrected chi connectivity index (χ2v) is 4.93. The van der Waals surface area contributed by atoms with Crippen molar-refractivity contribution in [1.29, 1.82) is 0 Å². The molecule has 2 aromatic rings. The zero-order valence-electron chi connectivity index (χ0n) is 12.8. The van der Waals surface area contributed by atoms with Crippen molar-refractivity contribution in [2.45, 2.75) is 34.1 Å². The lowest BCUT2D eigenvalue weighted by molar-refractivity contribution is 0.839. The van der Waals surface area contributed by atoms with Gasteiger partial charge >= 0.3 is 0 Å². The van der Waals surface area contributed by atoms with E-state index in [0.717, 1.165) is 23.8 Å². The summed E-state index contributed by atoms with van der Waals surface area (Å²) >= 11 is 0. The first kappa shape index (κ1) is 14.9. The molecule has 2 rings (SSSR count). The molecule has 2 heterocycles. The number of aromatic nitrogens is 4. The number of aryl methyl sites for hydroxylation is 1. The van der Waals surface area contributed by atoms with Crippen LogP contribution in [0.1, 0.15) is 33.5 Å². The number of allylic oxidation sites excluding steroid dienone is 2. The maximum Gasteiger partial charge on any atom is 0.168 e. The van der Waals surface area contributed by atoms with E-state index in [1.807, 2.05) is 49.7 Å². The van der Waals surface area contributed by atoms with Gasteiger partial charge in [0.2, 0.25) is 0 Å². The fourth-order valence-electron chi connectivity index (χ4n) is 1.91. The highest BCUT2D eigenvalue weighted by molar-refractivity contribution is 5.93. The minimum Gasteiger partial charge on any atom is -0.286 e. The molecule has 0 spiro atoms. The van der Waals surface area contributed by atoms with E-state index in [0.29, 0.717) is 5.82 Å². The molecule has 0 aliphatic carbocycles. The Labute approximate surface area is 124 Å². The summed E-state index contributed by atoms with van der Waals surface area (Å²) in [6.45, 7) is 8.05. The Morgan fingerprint density at radius 2 is 2.10 bits per heavy atom. The van der Waals surface area contributed by atoms with Crippen molar-refractivity contribution in [3.63, 3.8) is 0 Å². The Morgan fingerprint density at radius 3 is 2.71 bits per heavy atom. The average molecular weight is 284 g/mol. The van der Waals surface area contributed by atoms with Crippen LogP contribution >= 0.6 is 0 Å². The van der Waals surface area contributed by atoms with Gasteiger partial charge in [-0.15, -0.1) is 10.2 Å². The molecule has 0 aliphatic rings. The van der Waals surface area contributed by atoms with E-state index < -0.39 is 0 Å². The Balaban J connectivity index is 2.11. The number of anilines is 1. The van der Waals surface area contributed by atoms with Crippen LogP contribution < -0.4 is 5.43 Å². The number of rotatable bonds is 5. The second-order valence-electron chi connectivity index (χ2n) is 4.93. The van der Waals surface area contributed by atoms with Gasteiger partial charge in [-0.25, -0.2) is 4.98 Å². The zero-order chi connectivity index (χ0) is 15.2. The zero-order valence-corrected chi connectivity index (χ0v) is 12.8. The molecule has 0 unspecified atom stereocenters. The lowest BCUT2D eigenvalue weighted by Crippen LogP contribution is -2.04. The van der Waals surface area contributed by atoms with Crippen molar-refractivity contribution in [2.24, 2.45) is 5.10 Å². The highest BCUT2D eigenvalue weighted by atomic mass is 15.4. The van der Waals surface area contributed by atoms with Crippen LogP contribution in [-0.2, 0) is 6.42 Å². The standard InChI is InChI=1S/C15H20N6/c1-5-14-16-8-9-21(14)15-7-6-13(19-20-15)18-17-12(4)10-11(2)3/h6-10H,5H2,1-4H3,(H,18,19). The van der Waals surface area contributed by atoms with Crippen LogP contribution in [0.3, 0.4) is 0 Å². The maximum absolute atomic E-state index is 4.27. The third-order valence-electron chi connectivity index (χ3n) is 2.78. The fourth-order valence-corrected chi connectivity index (χ4v) is 1.91. The van der Waals surface area contributed by atoms with Gasteiger partial charge in [-0.05, 0) is 39.0 Å². The SMILES string of the molecule is CCc1nccn1-c1ccc(NN=C(C)C=C(C)C)nn1. The average Bonchev–Trinajstić information content (AvgIpc) is 2.93. The summed E-state index contributed by atoms with van der Waals surface area (Å²) in [5, 5.41) is 12.5. The third kappa shape index (κ3) is 3.98. The molecule has 21 heavy (non-hydrogen) atoms. The van der Waals surface area contributed by atoms with Crippen LogP contribution in [0, 0.1) is 0 Å². The van der Waals surface area contributed by atoms with Gasteiger partial charge in [0.1, 0.15) is 5.82 Å². The van der Waals surface area contributed by atoms with Crippen LogP contribution in [-0.4, -0.2) is 25.5 Å². The molecule has 0 saturated carbocycles. The number of hydrazone groups is 1. The Morgan fingerprint density at radius 1 is 1.29 bits per heavy atom. The largest absolute Gasteiger partial charge is 0.286 e. The number of hydrogen-bond acceptors (Lipinski definition) is 5. The molecule has 0 aromatic carbocycles. The summed E-state index contributed by atoms with van der Waals surface area (Å²) in [6.07, 6.45) is 6.49. The molecule has 1 N–H and O–H groups in total. The van der Waals surface area contributed by atoms with E-state index in [1.165, 1.54) is 5.57 Å². The highest BCUT2D eigenvalue weighted by Crippen LogP contribution is 2.10. The highest BCUT2D eigenvalue weighted by Gasteiger charge is 2.04. The van der Waals surface area contributed by atoms with E-state index in [1.54, 1.807) is 6.20 Å². The van der Waals surface area contributed by atoms with Gasteiger partial charge in [0.15, 0.2) is 11.6 Å². The molecule has 6 heteroatoms. The number of nitrogens with one attached hydrogen (secondary N) is 1. The number of hydrogen-bond donors (Lipinski definition) is 1. The lowest BCUT2D eigenvalue weighted by atomic mass is 10.3. The minimum atomic E-state index is 0.610. The number of imidazole rings is 1. The van der Waals surface area contributed by atoms with Crippen molar-refractivity contribution in [1.82, 2.24) is 19.7 Å². The summed E-state index contributed by atoms with van der Waals surface area (Å²) in [4.78, 5) is 4.27. The van der Waals surface area contributed by atoms with Crippen molar-refractivity contribution in [2.75, 3.05) is 5.43 Å². The van der Waals surface area contributed by atoms with Gasteiger partial charge < -0.3 is 0 Å².